The Morgan fingerprint density at radius 1 is 1.16 bits per heavy atom. The summed E-state index contributed by atoms with van der Waals surface area (Å²) in [6.07, 6.45) is 3.08. The van der Waals surface area contributed by atoms with E-state index >= 15 is 0 Å². The number of esters is 1. The Labute approximate surface area is 112 Å². The fourth-order valence-corrected chi connectivity index (χ4v) is 1.69. The van der Waals surface area contributed by atoms with Crippen molar-refractivity contribution in [3.63, 3.8) is 0 Å². The highest BCUT2D eigenvalue weighted by atomic mass is 16.5. The van der Waals surface area contributed by atoms with Gasteiger partial charge in [0.05, 0.1) is 5.92 Å². The summed E-state index contributed by atoms with van der Waals surface area (Å²) in [7, 11) is 0. The first-order chi connectivity index (χ1) is 9.08. The summed E-state index contributed by atoms with van der Waals surface area (Å²) in [6.45, 7) is 5.88. The van der Waals surface area contributed by atoms with E-state index in [4.69, 9.17) is 4.74 Å². The molecule has 0 bridgehead atoms. The van der Waals surface area contributed by atoms with E-state index in [0.717, 1.165) is 11.1 Å². The number of aromatic nitrogens is 2. The standard InChI is InChI=1S/C15H16N2O2/c1-10-5-6-13(9-11(10)2)12(3)14(18)19-15-16-7-4-8-17-15/h4-9,12H,1-3H3. The quantitative estimate of drug-likeness (QED) is 0.792. The Balaban J connectivity index is 2.12. The van der Waals surface area contributed by atoms with Crippen LogP contribution in [0, 0.1) is 13.8 Å². The summed E-state index contributed by atoms with van der Waals surface area (Å²) in [6, 6.07) is 7.72. The van der Waals surface area contributed by atoms with E-state index < -0.39 is 0 Å². The Morgan fingerprint density at radius 3 is 2.47 bits per heavy atom. The summed E-state index contributed by atoms with van der Waals surface area (Å²) >= 11 is 0. The van der Waals surface area contributed by atoms with Gasteiger partial charge in [0.25, 0.3) is 0 Å². The molecule has 1 atom stereocenters. The fraction of sp³-hybridized carbons (Fsp3) is 0.267. The minimum atomic E-state index is -0.352. The van der Waals surface area contributed by atoms with Gasteiger partial charge in [-0.3, -0.25) is 4.79 Å². The molecule has 0 saturated carbocycles. The van der Waals surface area contributed by atoms with Crippen LogP contribution < -0.4 is 4.74 Å². The van der Waals surface area contributed by atoms with E-state index in [-0.39, 0.29) is 17.9 Å². The molecule has 1 unspecified atom stereocenters. The molecule has 2 rings (SSSR count). The smallest absolute Gasteiger partial charge is 0.324 e. The molecule has 0 aliphatic carbocycles. The zero-order chi connectivity index (χ0) is 13.8. The Bertz CT molecular complexity index is 582. The summed E-state index contributed by atoms with van der Waals surface area (Å²) in [5, 5.41) is 0. The second kappa shape index (κ2) is 5.61. The van der Waals surface area contributed by atoms with Crippen molar-refractivity contribution in [2.24, 2.45) is 0 Å². The van der Waals surface area contributed by atoms with Crippen molar-refractivity contribution in [3.8, 4) is 6.01 Å². The Hall–Kier alpha value is -2.23. The van der Waals surface area contributed by atoms with Crippen molar-refractivity contribution >= 4 is 5.97 Å². The predicted octanol–water partition coefficient (Wildman–Crippen LogP) is 2.80. The highest BCUT2D eigenvalue weighted by Gasteiger charge is 2.18. The third-order valence-electron chi connectivity index (χ3n) is 3.12. The van der Waals surface area contributed by atoms with Crippen molar-refractivity contribution < 1.29 is 9.53 Å². The van der Waals surface area contributed by atoms with Gasteiger partial charge in [-0.2, -0.15) is 0 Å². The van der Waals surface area contributed by atoms with Crippen LogP contribution in [-0.2, 0) is 4.79 Å². The summed E-state index contributed by atoms with van der Waals surface area (Å²) in [4.78, 5) is 19.8. The molecule has 2 aromatic rings. The molecule has 0 amide bonds. The van der Waals surface area contributed by atoms with Crippen LogP contribution >= 0.6 is 0 Å². The largest absolute Gasteiger partial charge is 0.390 e. The Morgan fingerprint density at radius 2 is 1.84 bits per heavy atom. The van der Waals surface area contributed by atoms with Gasteiger partial charge >= 0.3 is 12.0 Å². The molecule has 19 heavy (non-hydrogen) atoms. The molecule has 0 aliphatic rings. The van der Waals surface area contributed by atoms with Crippen LogP contribution in [0.15, 0.2) is 36.7 Å². The molecule has 0 N–H and O–H groups in total. The number of aryl methyl sites for hydroxylation is 2. The van der Waals surface area contributed by atoms with E-state index in [0.29, 0.717) is 0 Å². The van der Waals surface area contributed by atoms with Gasteiger partial charge < -0.3 is 4.74 Å². The number of rotatable bonds is 3. The lowest BCUT2D eigenvalue weighted by molar-refractivity contribution is -0.136. The lowest BCUT2D eigenvalue weighted by Gasteiger charge is -2.12. The molecule has 98 valence electrons. The minimum absolute atomic E-state index is 0.0863. The maximum absolute atomic E-state index is 12.0. The van der Waals surface area contributed by atoms with Crippen molar-refractivity contribution in [2.75, 3.05) is 0 Å². The number of hydrogen-bond acceptors (Lipinski definition) is 4. The summed E-state index contributed by atoms with van der Waals surface area (Å²) < 4.78 is 5.14. The van der Waals surface area contributed by atoms with Crippen LogP contribution in [-0.4, -0.2) is 15.9 Å². The van der Waals surface area contributed by atoms with Crippen LogP contribution in [0.2, 0.25) is 0 Å². The molecule has 0 saturated heterocycles. The zero-order valence-corrected chi connectivity index (χ0v) is 11.3. The number of ether oxygens (including phenoxy) is 1. The summed E-state index contributed by atoms with van der Waals surface area (Å²) in [5.41, 5.74) is 3.30. The van der Waals surface area contributed by atoms with Crippen LogP contribution in [0.25, 0.3) is 0 Å². The average Bonchev–Trinajstić information content (AvgIpc) is 2.42. The van der Waals surface area contributed by atoms with Gasteiger partial charge in [-0.15, -0.1) is 0 Å². The maximum Gasteiger partial charge on any atom is 0.324 e. The van der Waals surface area contributed by atoms with Crippen LogP contribution in [0.3, 0.4) is 0 Å². The molecule has 0 aliphatic heterocycles. The maximum atomic E-state index is 12.0. The number of nitrogens with zero attached hydrogens (tertiary/aromatic N) is 2. The monoisotopic (exact) mass is 256 g/mol. The van der Waals surface area contributed by atoms with E-state index in [1.807, 2.05) is 39.0 Å². The Kier molecular flexibility index (Phi) is 3.90. The van der Waals surface area contributed by atoms with Gasteiger partial charge in [-0.05, 0) is 43.5 Å². The van der Waals surface area contributed by atoms with Crippen LogP contribution in [0.4, 0.5) is 0 Å². The SMILES string of the molecule is Cc1ccc(C(C)C(=O)Oc2ncccn2)cc1C. The minimum Gasteiger partial charge on any atom is -0.390 e. The number of benzene rings is 1. The molecular formula is C15H16N2O2. The molecule has 0 radical (unpaired) electrons. The van der Waals surface area contributed by atoms with Gasteiger partial charge in [-0.1, -0.05) is 18.2 Å². The number of hydrogen-bond donors (Lipinski definition) is 0. The molecule has 4 nitrogen and oxygen atoms in total. The first-order valence-corrected chi connectivity index (χ1v) is 6.14. The van der Waals surface area contributed by atoms with Crippen molar-refractivity contribution in [3.05, 3.63) is 53.3 Å². The van der Waals surface area contributed by atoms with Gasteiger partial charge in [0, 0.05) is 12.4 Å². The molecule has 0 spiro atoms. The molecule has 1 aromatic heterocycles. The predicted molar refractivity (Wildman–Crippen MR) is 72.0 cm³/mol. The normalized spacial score (nSPS) is 11.9. The lowest BCUT2D eigenvalue weighted by Crippen LogP contribution is -2.17. The molecule has 1 aromatic carbocycles. The average molecular weight is 256 g/mol. The van der Waals surface area contributed by atoms with E-state index in [1.165, 1.54) is 18.0 Å². The van der Waals surface area contributed by atoms with E-state index in [1.54, 1.807) is 6.07 Å². The van der Waals surface area contributed by atoms with Crippen LogP contribution in [0.5, 0.6) is 6.01 Å². The van der Waals surface area contributed by atoms with E-state index in [9.17, 15) is 4.79 Å². The third-order valence-corrected chi connectivity index (χ3v) is 3.12. The van der Waals surface area contributed by atoms with Gasteiger partial charge in [-0.25, -0.2) is 9.97 Å². The van der Waals surface area contributed by atoms with Crippen LogP contribution in [0.1, 0.15) is 29.5 Å². The topological polar surface area (TPSA) is 52.1 Å². The molecular weight excluding hydrogens is 240 g/mol. The second-order valence-corrected chi connectivity index (χ2v) is 4.52. The van der Waals surface area contributed by atoms with Crippen molar-refractivity contribution in [2.45, 2.75) is 26.7 Å². The fourth-order valence-electron chi connectivity index (χ4n) is 1.69. The number of carbonyl (C=O) groups is 1. The first-order valence-electron chi connectivity index (χ1n) is 6.14. The number of carbonyl (C=O) groups excluding carboxylic acids is 1. The molecule has 4 heteroatoms. The zero-order valence-electron chi connectivity index (χ0n) is 11.3. The van der Waals surface area contributed by atoms with Gasteiger partial charge in [0.15, 0.2) is 0 Å². The highest BCUT2D eigenvalue weighted by molar-refractivity contribution is 5.79. The summed E-state index contributed by atoms with van der Waals surface area (Å²) in [5.74, 6) is -0.697. The molecule has 1 heterocycles. The third kappa shape index (κ3) is 3.16. The highest BCUT2D eigenvalue weighted by Crippen LogP contribution is 2.20. The lowest BCUT2D eigenvalue weighted by atomic mass is 9.97. The molecule has 0 fully saturated rings. The van der Waals surface area contributed by atoms with E-state index in [2.05, 4.69) is 9.97 Å². The van der Waals surface area contributed by atoms with Crippen molar-refractivity contribution in [1.82, 2.24) is 9.97 Å². The van der Waals surface area contributed by atoms with Crippen molar-refractivity contribution in [1.29, 1.82) is 0 Å². The second-order valence-electron chi connectivity index (χ2n) is 4.52. The first kappa shape index (κ1) is 13.2. The van der Waals surface area contributed by atoms with Gasteiger partial charge in [0.2, 0.25) is 0 Å². The van der Waals surface area contributed by atoms with Gasteiger partial charge in [0.1, 0.15) is 0 Å².